The molecule has 3 aromatic rings. The van der Waals surface area contributed by atoms with Crippen LogP contribution in [0.4, 0.5) is 4.39 Å². The average molecular weight is 432 g/mol. The van der Waals surface area contributed by atoms with Gasteiger partial charge in [-0.3, -0.25) is 0 Å². The van der Waals surface area contributed by atoms with Crippen LogP contribution in [-0.4, -0.2) is 11.7 Å². The summed E-state index contributed by atoms with van der Waals surface area (Å²) in [7, 11) is 0. The molecule has 0 spiro atoms. The van der Waals surface area contributed by atoms with Gasteiger partial charge in [0.2, 0.25) is 5.88 Å². The minimum Gasteiger partial charge on any atom is -0.508 e. The first-order chi connectivity index (χ1) is 15.5. The fourth-order valence-corrected chi connectivity index (χ4v) is 3.67. The van der Waals surface area contributed by atoms with E-state index in [0.717, 1.165) is 5.56 Å². The third kappa shape index (κ3) is 4.16. The van der Waals surface area contributed by atoms with Crippen LogP contribution < -0.4 is 19.9 Å². The number of hydrogen-bond acceptors (Lipinski definition) is 6. The van der Waals surface area contributed by atoms with E-state index in [1.165, 1.54) is 24.3 Å². The molecule has 0 aliphatic carbocycles. The van der Waals surface area contributed by atoms with E-state index in [1.54, 1.807) is 30.3 Å². The molecule has 1 aliphatic rings. The zero-order valence-electron chi connectivity index (χ0n) is 17.3. The summed E-state index contributed by atoms with van der Waals surface area (Å²) in [4.78, 5) is 0. The number of halogens is 1. The van der Waals surface area contributed by atoms with Crippen LogP contribution >= 0.6 is 0 Å². The third-order valence-electron chi connectivity index (χ3n) is 5.09. The Kier molecular flexibility index (Phi) is 5.86. The molecular formula is C25H21FN2O4. The molecule has 1 atom stereocenters. The molecule has 32 heavy (non-hydrogen) atoms. The number of allylic oxidation sites excluding steroid dienone is 1. The van der Waals surface area contributed by atoms with Crippen molar-refractivity contribution >= 4 is 0 Å². The van der Waals surface area contributed by atoms with Crippen molar-refractivity contribution in [3.8, 4) is 29.1 Å². The normalized spacial score (nSPS) is 14.8. The first kappa shape index (κ1) is 21.1. The van der Waals surface area contributed by atoms with Crippen molar-refractivity contribution in [3.63, 3.8) is 0 Å². The molecule has 1 heterocycles. The zero-order valence-corrected chi connectivity index (χ0v) is 17.3. The van der Waals surface area contributed by atoms with Crippen LogP contribution in [0.2, 0.25) is 0 Å². The number of nitrogens with two attached hydrogens (primary N) is 1. The van der Waals surface area contributed by atoms with Crippen molar-refractivity contribution in [2.75, 3.05) is 6.61 Å². The second kappa shape index (κ2) is 8.90. The van der Waals surface area contributed by atoms with E-state index < -0.39 is 5.92 Å². The molecule has 3 N–H and O–H groups in total. The van der Waals surface area contributed by atoms with Crippen molar-refractivity contribution in [1.82, 2.24) is 0 Å². The van der Waals surface area contributed by atoms with Gasteiger partial charge in [0, 0.05) is 11.6 Å². The first-order valence-corrected chi connectivity index (χ1v) is 10.0. The quantitative estimate of drug-likeness (QED) is 0.585. The van der Waals surface area contributed by atoms with Crippen LogP contribution in [0.25, 0.3) is 0 Å². The predicted molar refractivity (Wildman–Crippen MR) is 116 cm³/mol. The molecule has 3 aromatic carbocycles. The Hall–Kier alpha value is -4.18. The molecule has 4 rings (SSSR count). The van der Waals surface area contributed by atoms with Crippen LogP contribution in [-0.2, 0) is 6.61 Å². The van der Waals surface area contributed by atoms with Gasteiger partial charge in [-0.25, -0.2) is 4.39 Å². The van der Waals surface area contributed by atoms with E-state index in [4.69, 9.17) is 19.9 Å². The molecule has 0 fully saturated rings. The maximum Gasteiger partial charge on any atom is 0.205 e. The van der Waals surface area contributed by atoms with Crippen LogP contribution in [0.1, 0.15) is 29.5 Å². The maximum absolute atomic E-state index is 13.5. The second-order valence-corrected chi connectivity index (χ2v) is 7.20. The molecule has 162 valence electrons. The number of phenolic OH excluding ortho intramolecular Hbond substituents is 1. The van der Waals surface area contributed by atoms with E-state index in [9.17, 15) is 14.8 Å². The predicted octanol–water partition coefficient (Wildman–Crippen LogP) is 4.73. The van der Waals surface area contributed by atoms with Gasteiger partial charge in [0.15, 0.2) is 11.5 Å². The molecule has 1 aliphatic heterocycles. The summed E-state index contributed by atoms with van der Waals surface area (Å²) in [5, 5.41) is 19.5. The highest BCUT2D eigenvalue weighted by Crippen LogP contribution is 2.45. The molecule has 0 aromatic heterocycles. The van der Waals surface area contributed by atoms with E-state index in [2.05, 4.69) is 6.07 Å². The number of aromatic hydroxyl groups is 1. The van der Waals surface area contributed by atoms with E-state index >= 15 is 0 Å². The lowest BCUT2D eigenvalue weighted by atomic mass is 9.83. The topological polar surface area (TPSA) is 97.7 Å². The summed E-state index contributed by atoms with van der Waals surface area (Å²) in [5.74, 6) is 0.560. The summed E-state index contributed by atoms with van der Waals surface area (Å²) in [5.41, 5.74) is 8.40. The summed E-state index contributed by atoms with van der Waals surface area (Å²) < 4.78 is 30.7. The van der Waals surface area contributed by atoms with Crippen molar-refractivity contribution in [3.05, 3.63) is 94.6 Å². The maximum atomic E-state index is 13.5. The number of rotatable bonds is 6. The van der Waals surface area contributed by atoms with Gasteiger partial charge in [0.05, 0.1) is 12.5 Å². The lowest BCUT2D eigenvalue weighted by Crippen LogP contribution is -2.21. The highest BCUT2D eigenvalue weighted by molar-refractivity contribution is 5.58. The summed E-state index contributed by atoms with van der Waals surface area (Å²) in [6.45, 7) is 2.43. The van der Waals surface area contributed by atoms with Gasteiger partial charge in [-0.15, -0.1) is 0 Å². The molecule has 0 saturated heterocycles. The average Bonchev–Trinajstić information content (AvgIpc) is 2.77. The minimum atomic E-state index is -0.499. The van der Waals surface area contributed by atoms with Gasteiger partial charge in [0.1, 0.15) is 35.6 Å². The fourth-order valence-electron chi connectivity index (χ4n) is 3.67. The molecule has 6 nitrogen and oxygen atoms in total. The SMILES string of the molecule is CCOc1cc([C@@H]2C(C#N)=C(N)Oc3cc(O)ccc32)ccc1OCc1cccc(F)c1. The minimum absolute atomic E-state index is 0.0139. The highest BCUT2D eigenvalue weighted by atomic mass is 19.1. The molecule has 0 radical (unpaired) electrons. The Labute approximate surface area is 184 Å². The van der Waals surface area contributed by atoms with Gasteiger partial charge < -0.3 is 25.1 Å². The zero-order chi connectivity index (χ0) is 22.7. The Morgan fingerprint density at radius 2 is 1.94 bits per heavy atom. The second-order valence-electron chi connectivity index (χ2n) is 7.20. The largest absolute Gasteiger partial charge is 0.508 e. The monoisotopic (exact) mass is 432 g/mol. The van der Waals surface area contributed by atoms with E-state index in [-0.39, 0.29) is 29.6 Å². The standard InChI is InChI=1S/C25H21FN2O4/c1-2-30-23-11-16(6-9-21(23)31-14-15-4-3-5-17(26)10-15)24-19-8-7-18(29)12-22(19)32-25(28)20(24)13-27/h3-12,24,29H,2,14,28H2,1H3/t24-/m0/s1. The Morgan fingerprint density at radius 1 is 1.09 bits per heavy atom. The fraction of sp³-hybridized carbons (Fsp3) is 0.160. The van der Waals surface area contributed by atoms with Crippen molar-refractivity contribution < 1.29 is 23.7 Å². The van der Waals surface area contributed by atoms with Crippen molar-refractivity contribution in [2.24, 2.45) is 5.73 Å². The lowest BCUT2D eigenvalue weighted by Gasteiger charge is -2.27. The number of ether oxygens (including phenoxy) is 3. The molecular weight excluding hydrogens is 411 g/mol. The molecule has 0 saturated carbocycles. The van der Waals surface area contributed by atoms with Crippen LogP contribution in [0.15, 0.2) is 72.1 Å². The van der Waals surface area contributed by atoms with Crippen LogP contribution in [0.3, 0.4) is 0 Å². The number of benzene rings is 3. The first-order valence-electron chi connectivity index (χ1n) is 10.0. The highest BCUT2D eigenvalue weighted by Gasteiger charge is 2.31. The molecule has 0 bridgehead atoms. The van der Waals surface area contributed by atoms with Crippen molar-refractivity contribution in [1.29, 1.82) is 5.26 Å². The van der Waals surface area contributed by atoms with Gasteiger partial charge in [0.25, 0.3) is 0 Å². The van der Waals surface area contributed by atoms with E-state index in [0.29, 0.717) is 35.0 Å². The number of phenols is 1. The molecule has 0 unspecified atom stereocenters. The Balaban J connectivity index is 1.71. The smallest absolute Gasteiger partial charge is 0.205 e. The van der Waals surface area contributed by atoms with Crippen LogP contribution in [0, 0.1) is 17.1 Å². The Morgan fingerprint density at radius 3 is 2.69 bits per heavy atom. The van der Waals surface area contributed by atoms with Gasteiger partial charge in [-0.05, 0) is 48.4 Å². The number of nitrogens with zero attached hydrogens (tertiary/aromatic N) is 1. The summed E-state index contributed by atoms with van der Waals surface area (Å²) in [6.07, 6.45) is 0. The Bertz CT molecular complexity index is 1230. The molecule has 7 heteroatoms. The van der Waals surface area contributed by atoms with Gasteiger partial charge in [-0.1, -0.05) is 24.3 Å². The van der Waals surface area contributed by atoms with E-state index in [1.807, 2.05) is 13.0 Å². The van der Waals surface area contributed by atoms with Gasteiger partial charge in [-0.2, -0.15) is 5.26 Å². The van der Waals surface area contributed by atoms with Crippen molar-refractivity contribution in [2.45, 2.75) is 19.4 Å². The molecule has 0 amide bonds. The summed E-state index contributed by atoms with van der Waals surface area (Å²) in [6, 6.07) is 18.4. The lowest BCUT2D eigenvalue weighted by molar-refractivity contribution is 0.268. The number of fused-ring (bicyclic) bond motifs is 1. The summed E-state index contributed by atoms with van der Waals surface area (Å²) >= 11 is 0. The number of nitriles is 1. The van der Waals surface area contributed by atoms with Gasteiger partial charge >= 0.3 is 0 Å². The number of hydrogen-bond donors (Lipinski definition) is 2. The third-order valence-corrected chi connectivity index (χ3v) is 5.09. The van der Waals surface area contributed by atoms with Crippen LogP contribution in [0.5, 0.6) is 23.0 Å².